The van der Waals surface area contributed by atoms with Crippen molar-refractivity contribution in [1.29, 1.82) is 0 Å². The highest BCUT2D eigenvalue weighted by molar-refractivity contribution is 14.1. The molecule has 6 heteroatoms. The molecule has 0 amide bonds. The summed E-state index contributed by atoms with van der Waals surface area (Å²) in [5.41, 5.74) is 0. The van der Waals surface area contributed by atoms with Crippen LogP contribution in [-0.2, 0) is 0 Å². The molecule has 1 heterocycles. The maximum atomic E-state index is 10.5. The molecule has 0 unspecified atom stereocenters. The minimum Gasteiger partial charge on any atom is -0.358 e. The first kappa shape index (κ1) is 9.43. The van der Waals surface area contributed by atoms with E-state index in [9.17, 15) is 10.1 Å². The lowest BCUT2D eigenvalue weighted by Gasteiger charge is -2.00. The maximum Gasteiger partial charge on any atom is 0.346 e. The first-order chi connectivity index (χ1) is 5.52. The zero-order chi connectivity index (χ0) is 9.30. The normalized spacial score (nSPS) is 10.7. The van der Waals surface area contributed by atoms with Crippen LogP contribution in [0.5, 0.6) is 0 Å². The Hall–Kier alpha value is -0.660. The molecule has 0 saturated heterocycles. The Balaban J connectivity index is 3.17. The van der Waals surface area contributed by atoms with Gasteiger partial charge in [-0.3, -0.25) is 0 Å². The quantitative estimate of drug-likeness (QED) is 0.473. The van der Waals surface area contributed by atoms with Crippen molar-refractivity contribution in [3.63, 3.8) is 0 Å². The standard InChI is InChI=1S/C6H8IN3O2/c1-4(2)9-6(10(11)12)3-5(7)8-9/h3-4H,1-2H3. The fourth-order valence-electron chi connectivity index (χ4n) is 0.872. The van der Waals surface area contributed by atoms with Crippen molar-refractivity contribution in [3.05, 3.63) is 19.9 Å². The highest BCUT2D eigenvalue weighted by atomic mass is 127. The first-order valence-corrected chi connectivity index (χ1v) is 4.49. The molecule has 5 nitrogen and oxygen atoms in total. The number of halogens is 1. The molecular formula is C6H8IN3O2. The highest BCUT2D eigenvalue weighted by Crippen LogP contribution is 2.19. The molecule has 0 saturated carbocycles. The van der Waals surface area contributed by atoms with E-state index in [0.717, 1.165) is 0 Å². The van der Waals surface area contributed by atoms with Gasteiger partial charge in [0, 0.05) is 0 Å². The third kappa shape index (κ3) is 1.74. The molecule has 0 aromatic carbocycles. The molecule has 12 heavy (non-hydrogen) atoms. The zero-order valence-corrected chi connectivity index (χ0v) is 8.85. The SMILES string of the molecule is CC(C)n1nc(I)cc1[N+](=O)[O-]. The summed E-state index contributed by atoms with van der Waals surface area (Å²) in [5.74, 6) is 0.0504. The van der Waals surface area contributed by atoms with Gasteiger partial charge >= 0.3 is 5.82 Å². The lowest BCUT2D eigenvalue weighted by Crippen LogP contribution is -2.06. The molecule has 0 spiro atoms. The molecule has 0 aliphatic rings. The molecule has 0 N–H and O–H groups in total. The van der Waals surface area contributed by atoms with Crippen molar-refractivity contribution in [1.82, 2.24) is 9.78 Å². The van der Waals surface area contributed by atoms with Crippen molar-refractivity contribution < 1.29 is 4.92 Å². The summed E-state index contributed by atoms with van der Waals surface area (Å²) >= 11 is 1.96. The van der Waals surface area contributed by atoms with Gasteiger partial charge in [-0.2, -0.15) is 0 Å². The third-order valence-electron chi connectivity index (χ3n) is 1.36. The molecule has 66 valence electrons. The van der Waals surface area contributed by atoms with Crippen molar-refractivity contribution in [2.75, 3.05) is 0 Å². The molecular weight excluding hydrogens is 273 g/mol. The van der Waals surface area contributed by atoms with Gasteiger partial charge in [-0.25, -0.2) is 0 Å². The van der Waals surface area contributed by atoms with E-state index in [1.54, 1.807) is 0 Å². The van der Waals surface area contributed by atoms with Gasteiger partial charge in [0.05, 0.1) is 6.07 Å². The van der Waals surface area contributed by atoms with Gasteiger partial charge < -0.3 is 10.1 Å². The van der Waals surface area contributed by atoms with Crippen LogP contribution in [0, 0.1) is 13.8 Å². The summed E-state index contributed by atoms with van der Waals surface area (Å²) in [5, 5.41) is 14.5. The van der Waals surface area contributed by atoms with E-state index in [4.69, 9.17) is 0 Å². The largest absolute Gasteiger partial charge is 0.358 e. The smallest absolute Gasteiger partial charge is 0.346 e. The number of rotatable bonds is 2. The van der Waals surface area contributed by atoms with Crippen molar-refractivity contribution in [2.24, 2.45) is 0 Å². The van der Waals surface area contributed by atoms with E-state index in [-0.39, 0.29) is 11.9 Å². The van der Waals surface area contributed by atoms with Crippen molar-refractivity contribution >= 4 is 28.4 Å². The summed E-state index contributed by atoms with van der Waals surface area (Å²) in [6.07, 6.45) is 0. The zero-order valence-electron chi connectivity index (χ0n) is 6.69. The Morgan fingerprint density at radius 2 is 2.33 bits per heavy atom. The van der Waals surface area contributed by atoms with E-state index in [1.165, 1.54) is 10.7 Å². The Morgan fingerprint density at radius 1 is 1.75 bits per heavy atom. The molecule has 0 bridgehead atoms. The van der Waals surface area contributed by atoms with Crippen LogP contribution in [-0.4, -0.2) is 14.7 Å². The summed E-state index contributed by atoms with van der Waals surface area (Å²) in [7, 11) is 0. The second-order valence-electron chi connectivity index (χ2n) is 2.62. The number of hydrogen-bond donors (Lipinski definition) is 0. The Bertz CT molecular complexity index is 308. The molecule has 1 aromatic rings. The average Bonchev–Trinajstić information content (AvgIpc) is 2.31. The van der Waals surface area contributed by atoms with Crippen LogP contribution in [0.2, 0.25) is 0 Å². The fraction of sp³-hybridized carbons (Fsp3) is 0.500. The van der Waals surface area contributed by atoms with Crippen molar-refractivity contribution in [2.45, 2.75) is 19.9 Å². The maximum absolute atomic E-state index is 10.5. The average molecular weight is 281 g/mol. The summed E-state index contributed by atoms with van der Waals surface area (Å²) in [6, 6.07) is 1.48. The second-order valence-corrected chi connectivity index (χ2v) is 3.73. The van der Waals surface area contributed by atoms with Crippen LogP contribution < -0.4 is 0 Å². The van der Waals surface area contributed by atoms with Crippen LogP contribution >= 0.6 is 22.6 Å². The van der Waals surface area contributed by atoms with E-state index in [2.05, 4.69) is 5.10 Å². The van der Waals surface area contributed by atoms with E-state index < -0.39 is 4.92 Å². The fourth-order valence-corrected chi connectivity index (χ4v) is 1.38. The number of hydrogen-bond acceptors (Lipinski definition) is 3. The minimum absolute atomic E-state index is 0.0221. The van der Waals surface area contributed by atoms with Crippen LogP contribution in [0.3, 0.4) is 0 Å². The lowest BCUT2D eigenvalue weighted by molar-refractivity contribution is -0.393. The Morgan fingerprint density at radius 3 is 2.67 bits per heavy atom. The van der Waals surface area contributed by atoms with E-state index in [0.29, 0.717) is 3.70 Å². The topological polar surface area (TPSA) is 61.0 Å². The second kappa shape index (κ2) is 3.38. The van der Waals surface area contributed by atoms with Gasteiger partial charge in [-0.1, -0.05) is 5.10 Å². The Kier molecular flexibility index (Phi) is 2.65. The van der Waals surface area contributed by atoms with E-state index >= 15 is 0 Å². The van der Waals surface area contributed by atoms with Gasteiger partial charge in [0.25, 0.3) is 0 Å². The summed E-state index contributed by atoms with van der Waals surface area (Å²) < 4.78 is 2.05. The number of nitro groups is 1. The summed E-state index contributed by atoms with van der Waals surface area (Å²) in [4.78, 5) is 10.1. The number of aromatic nitrogens is 2. The molecule has 0 atom stereocenters. The first-order valence-electron chi connectivity index (χ1n) is 3.42. The highest BCUT2D eigenvalue weighted by Gasteiger charge is 2.19. The molecule has 0 fully saturated rings. The lowest BCUT2D eigenvalue weighted by atomic mass is 10.4. The summed E-state index contributed by atoms with van der Waals surface area (Å²) in [6.45, 7) is 3.71. The molecule has 1 rings (SSSR count). The van der Waals surface area contributed by atoms with E-state index in [1.807, 2.05) is 36.4 Å². The number of nitrogens with zero attached hydrogens (tertiary/aromatic N) is 3. The van der Waals surface area contributed by atoms with Crippen LogP contribution in [0.25, 0.3) is 0 Å². The van der Waals surface area contributed by atoms with Gasteiger partial charge in [-0.05, 0) is 41.4 Å². The molecule has 0 aliphatic heterocycles. The van der Waals surface area contributed by atoms with Crippen LogP contribution in [0.1, 0.15) is 19.9 Å². The monoisotopic (exact) mass is 281 g/mol. The minimum atomic E-state index is -0.421. The van der Waals surface area contributed by atoms with Gasteiger partial charge in [0.15, 0.2) is 3.70 Å². The third-order valence-corrected chi connectivity index (χ3v) is 1.89. The molecule has 1 aromatic heterocycles. The predicted molar refractivity (Wildman–Crippen MR) is 52.0 cm³/mol. The molecule has 0 radical (unpaired) electrons. The van der Waals surface area contributed by atoms with Crippen LogP contribution in [0.4, 0.5) is 5.82 Å². The predicted octanol–water partition coefficient (Wildman–Crippen LogP) is 1.98. The molecule has 0 aliphatic carbocycles. The van der Waals surface area contributed by atoms with Gasteiger partial charge in [0.2, 0.25) is 0 Å². The van der Waals surface area contributed by atoms with Crippen molar-refractivity contribution in [3.8, 4) is 0 Å². The Labute approximate surface area is 83.0 Å². The van der Waals surface area contributed by atoms with Gasteiger partial charge in [0.1, 0.15) is 6.04 Å². The van der Waals surface area contributed by atoms with Gasteiger partial charge in [-0.15, -0.1) is 4.68 Å². The van der Waals surface area contributed by atoms with Crippen LogP contribution in [0.15, 0.2) is 6.07 Å².